The maximum Gasteiger partial charge on any atom is 0.115 e. The molecule has 1 N–H and O–H groups in total. The molecule has 0 amide bonds. The summed E-state index contributed by atoms with van der Waals surface area (Å²) in [6, 6.07) is 1.69. The molecule has 3 heterocycles. The van der Waals surface area contributed by atoms with Crippen molar-refractivity contribution in [3.05, 3.63) is 24.3 Å². The third-order valence-corrected chi connectivity index (χ3v) is 4.57. The Kier molecular flexibility index (Phi) is 3.57. The van der Waals surface area contributed by atoms with Crippen LogP contribution in [0.25, 0.3) is 0 Å². The SMILES string of the molecule is CN1C2CCC1CC(CNCc1cncnc1)C2. The van der Waals surface area contributed by atoms with E-state index in [9.17, 15) is 0 Å². The molecule has 0 saturated carbocycles. The van der Waals surface area contributed by atoms with Crippen molar-refractivity contribution in [3.8, 4) is 0 Å². The molecule has 4 nitrogen and oxygen atoms in total. The molecule has 2 fully saturated rings. The molecule has 0 aliphatic carbocycles. The van der Waals surface area contributed by atoms with Crippen LogP contribution in [-0.4, -0.2) is 40.5 Å². The highest BCUT2D eigenvalue weighted by Crippen LogP contribution is 2.36. The fourth-order valence-electron chi connectivity index (χ4n) is 3.53. The smallest absolute Gasteiger partial charge is 0.115 e. The van der Waals surface area contributed by atoms with Crippen LogP contribution >= 0.6 is 0 Å². The van der Waals surface area contributed by atoms with Gasteiger partial charge in [-0.15, -0.1) is 0 Å². The van der Waals surface area contributed by atoms with Crippen LogP contribution in [0, 0.1) is 5.92 Å². The predicted molar refractivity (Wildman–Crippen MR) is 71.0 cm³/mol. The van der Waals surface area contributed by atoms with Crippen molar-refractivity contribution < 1.29 is 0 Å². The van der Waals surface area contributed by atoms with E-state index >= 15 is 0 Å². The zero-order valence-corrected chi connectivity index (χ0v) is 11.0. The van der Waals surface area contributed by atoms with E-state index in [0.717, 1.165) is 31.1 Å². The zero-order valence-electron chi connectivity index (χ0n) is 11.0. The van der Waals surface area contributed by atoms with E-state index in [2.05, 4.69) is 27.2 Å². The van der Waals surface area contributed by atoms with Gasteiger partial charge in [-0.1, -0.05) is 0 Å². The van der Waals surface area contributed by atoms with Gasteiger partial charge >= 0.3 is 0 Å². The Labute approximate surface area is 109 Å². The molecule has 0 spiro atoms. The Morgan fingerprint density at radius 1 is 1.22 bits per heavy atom. The summed E-state index contributed by atoms with van der Waals surface area (Å²) in [5.41, 5.74) is 1.17. The summed E-state index contributed by atoms with van der Waals surface area (Å²) in [7, 11) is 2.30. The van der Waals surface area contributed by atoms with Gasteiger partial charge in [0.1, 0.15) is 6.33 Å². The van der Waals surface area contributed by atoms with Gasteiger partial charge < -0.3 is 10.2 Å². The fraction of sp³-hybridized carbons (Fsp3) is 0.714. The number of nitrogens with one attached hydrogen (secondary N) is 1. The van der Waals surface area contributed by atoms with Gasteiger partial charge in [0.15, 0.2) is 0 Å². The first-order valence-corrected chi connectivity index (χ1v) is 6.99. The maximum absolute atomic E-state index is 4.04. The van der Waals surface area contributed by atoms with Crippen molar-refractivity contribution in [3.63, 3.8) is 0 Å². The Morgan fingerprint density at radius 2 is 1.89 bits per heavy atom. The van der Waals surface area contributed by atoms with Crippen LogP contribution in [0.3, 0.4) is 0 Å². The van der Waals surface area contributed by atoms with Gasteiger partial charge in [0, 0.05) is 36.6 Å². The monoisotopic (exact) mass is 246 g/mol. The van der Waals surface area contributed by atoms with Crippen LogP contribution in [0.5, 0.6) is 0 Å². The summed E-state index contributed by atoms with van der Waals surface area (Å²) in [6.07, 6.45) is 10.9. The average molecular weight is 246 g/mol. The summed E-state index contributed by atoms with van der Waals surface area (Å²) in [5, 5.41) is 3.56. The van der Waals surface area contributed by atoms with Crippen LogP contribution < -0.4 is 5.32 Å². The normalized spacial score (nSPS) is 31.7. The van der Waals surface area contributed by atoms with E-state index in [4.69, 9.17) is 0 Å². The molecule has 2 unspecified atom stereocenters. The van der Waals surface area contributed by atoms with Gasteiger partial charge in [0.25, 0.3) is 0 Å². The molecule has 2 saturated heterocycles. The van der Waals surface area contributed by atoms with Crippen LogP contribution in [0.15, 0.2) is 18.7 Å². The highest BCUT2D eigenvalue weighted by atomic mass is 15.2. The van der Waals surface area contributed by atoms with Crippen molar-refractivity contribution in [1.82, 2.24) is 20.2 Å². The van der Waals surface area contributed by atoms with Gasteiger partial charge in [0.05, 0.1) is 0 Å². The predicted octanol–water partition coefficient (Wildman–Crippen LogP) is 1.44. The third-order valence-electron chi connectivity index (χ3n) is 4.57. The number of rotatable bonds is 4. The summed E-state index contributed by atoms with van der Waals surface area (Å²) in [6.45, 7) is 2.03. The van der Waals surface area contributed by atoms with E-state index in [1.54, 1.807) is 6.33 Å². The molecule has 2 bridgehead atoms. The minimum absolute atomic E-state index is 0.843. The highest BCUT2D eigenvalue weighted by Gasteiger charge is 2.37. The summed E-state index contributed by atoms with van der Waals surface area (Å²) < 4.78 is 0. The molecule has 1 aromatic rings. The molecule has 0 radical (unpaired) electrons. The Hall–Kier alpha value is -1.00. The average Bonchev–Trinajstić information content (AvgIpc) is 2.64. The van der Waals surface area contributed by atoms with Crippen LogP contribution in [0.1, 0.15) is 31.2 Å². The first kappa shape index (κ1) is 12.1. The van der Waals surface area contributed by atoms with Crippen molar-refractivity contribution in [2.24, 2.45) is 5.92 Å². The molecule has 4 heteroatoms. The molecule has 2 atom stereocenters. The first-order valence-electron chi connectivity index (χ1n) is 6.99. The Balaban J connectivity index is 1.45. The minimum atomic E-state index is 0.843. The second-order valence-corrected chi connectivity index (χ2v) is 5.77. The lowest BCUT2D eigenvalue weighted by molar-refractivity contribution is 0.133. The molecule has 98 valence electrons. The lowest BCUT2D eigenvalue weighted by Crippen LogP contribution is -2.42. The standard InChI is InChI=1S/C14H22N4/c1-18-13-2-3-14(18)5-11(4-13)6-15-7-12-8-16-10-17-9-12/h8-11,13-15H,2-7H2,1H3. The summed E-state index contributed by atoms with van der Waals surface area (Å²) >= 11 is 0. The number of fused-ring (bicyclic) bond motifs is 2. The summed E-state index contributed by atoms with van der Waals surface area (Å²) in [5.74, 6) is 0.850. The van der Waals surface area contributed by atoms with E-state index in [1.807, 2.05) is 12.4 Å². The molecule has 3 rings (SSSR count). The maximum atomic E-state index is 4.04. The van der Waals surface area contributed by atoms with E-state index in [-0.39, 0.29) is 0 Å². The van der Waals surface area contributed by atoms with Crippen LogP contribution in [-0.2, 0) is 6.54 Å². The van der Waals surface area contributed by atoms with E-state index in [1.165, 1.54) is 31.2 Å². The van der Waals surface area contributed by atoms with Gasteiger partial charge in [-0.05, 0) is 45.2 Å². The second kappa shape index (κ2) is 5.33. The molecule has 0 aromatic carbocycles. The number of nitrogens with zero attached hydrogens (tertiary/aromatic N) is 3. The lowest BCUT2D eigenvalue weighted by Gasteiger charge is -2.36. The van der Waals surface area contributed by atoms with Gasteiger partial charge in [0.2, 0.25) is 0 Å². The lowest BCUT2D eigenvalue weighted by atomic mass is 9.91. The van der Waals surface area contributed by atoms with Gasteiger partial charge in [-0.2, -0.15) is 0 Å². The topological polar surface area (TPSA) is 41.0 Å². The third kappa shape index (κ3) is 2.54. The molecular weight excluding hydrogens is 224 g/mol. The molecular formula is C14H22N4. The largest absolute Gasteiger partial charge is 0.312 e. The number of aromatic nitrogens is 2. The molecule has 2 aliphatic heterocycles. The summed E-state index contributed by atoms with van der Waals surface area (Å²) in [4.78, 5) is 10.7. The van der Waals surface area contributed by atoms with E-state index < -0.39 is 0 Å². The van der Waals surface area contributed by atoms with Crippen molar-refractivity contribution in [2.45, 2.75) is 44.3 Å². The van der Waals surface area contributed by atoms with Crippen molar-refractivity contribution in [2.75, 3.05) is 13.6 Å². The highest BCUT2D eigenvalue weighted by molar-refractivity contribution is 5.01. The first-order chi connectivity index (χ1) is 8.83. The van der Waals surface area contributed by atoms with Crippen LogP contribution in [0.4, 0.5) is 0 Å². The minimum Gasteiger partial charge on any atom is -0.312 e. The van der Waals surface area contributed by atoms with E-state index in [0.29, 0.717) is 0 Å². The zero-order chi connectivity index (χ0) is 12.4. The molecule has 1 aromatic heterocycles. The molecule has 2 aliphatic rings. The van der Waals surface area contributed by atoms with Crippen molar-refractivity contribution in [1.29, 1.82) is 0 Å². The van der Waals surface area contributed by atoms with Gasteiger partial charge in [-0.25, -0.2) is 9.97 Å². The number of hydrogen-bond acceptors (Lipinski definition) is 4. The molecule has 18 heavy (non-hydrogen) atoms. The second-order valence-electron chi connectivity index (χ2n) is 5.77. The quantitative estimate of drug-likeness (QED) is 0.873. The van der Waals surface area contributed by atoms with Gasteiger partial charge in [-0.3, -0.25) is 0 Å². The number of hydrogen-bond donors (Lipinski definition) is 1. The van der Waals surface area contributed by atoms with Crippen LogP contribution in [0.2, 0.25) is 0 Å². The van der Waals surface area contributed by atoms with Crippen molar-refractivity contribution >= 4 is 0 Å². The fourth-order valence-corrected chi connectivity index (χ4v) is 3.53. The number of piperidine rings is 1. The Morgan fingerprint density at radius 3 is 2.56 bits per heavy atom. The Bertz CT molecular complexity index is 367.